The van der Waals surface area contributed by atoms with Crippen LogP contribution in [0.25, 0.3) is 0 Å². The lowest BCUT2D eigenvalue weighted by Gasteiger charge is -2.06. The van der Waals surface area contributed by atoms with Crippen LogP contribution < -0.4 is 10.5 Å². The van der Waals surface area contributed by atoms with Gasteiger partial charge in [0, 0.05) is 18.7 Å². The Morgan fingerprint density at radius 3 is 2.37 bits per heavy atom. The van der Waals surface area contributed by atoms with Crippen LogP contribution in [0.4, 0.5) is 5.69 Å². The Bertz CT molecular complexity index is 513. The lowest BCUT2D eigenvalue weighted by atomic mass is 10.2. The third-order valence-corrected chi connectivity index (χ3v) is 3.81. The maximum Gasteiger partial charge on any atom is 0.269 e. The average molecular weight is 287 g/mol. The Morgan fingerprint density at radius 1 is 1.21 bits per heavy atom. The third-order valence-electron chi connectivity index (χ3n) is 2.46. The minimum absolute atomic E-state index is 0.0583. The molecule has 0 aromatic heterocycles. The molecule has 0 heterocycles. The molecule has 0 atom stereocenters. The van der Waals surface area contributed by atoms with Crippen molar-refractivity contribution >= 4 is 15.7 Å². The highest BCUT2D eigenvalue weighted by Crippen LogP contribution is 2.13. The van der Waals surface area contributed by atoms with Crippen molar-refractivity contribution in [3.63, 3.8) is 0 Å². The van der Waals surface area contributed by atoms with E-state index in [1.54, 1.807) is 0 Å². The summed E-state index contributed by atoms with van der Waals surface area (Å²) in [6, 6.07) is 5.47. The minimum atomic E-state index is -3.41. The number of hydrogen-bond acceptors (Lipinski definition) is 5. The van der Waals surface area contributed by atoms with Crippen LogP contribution in [0.5, 0.6) is 0 Å². The summed E-state index contributed by atoms with van der Waals surface area (Å²) in [4.78, 5) is 9.94. The zero-order valence-electron chi connectivity index (χ0n) is 10.4. The molecule has 0 fully saturated rings. The SMILES string of the molecule is NCCCCNS(=O)(=O)Cc1ccc([N+](=O)[O-])cc1. The Labute approximate surface area is 112 Å². The van der Waals surface area contributed by atoms with Crippen LogP contribution in [-0.2, 0) is 15.8 Å². The first-order valence-electron chi connectivity index (χ1n) is 5.85. The molecule has 8 heteroatoms. The number of unbranched alkanes of at least 4 members (excludes halogenated alkanes) is 1. The molecule has 0 aliphatic rings. The summed E-state index contributed by atoms with van der Waals surface area (Å²) in [6.45, 7) is 0.886. The number of nitrogens with two attached hydrogens (primary N) is 1. The average Bonchev–Trinajstić information content (AvgIpc) is 2.35. The molecule has 0 saturated heterocycles. The van der Waals surface area contributed by atoms with Crippen LogP contribution in [0.3, 0.4) is 0 Å². The van der Waals surface area contributed by atoms with Gasteiger partial charge in [-0.15, -0.1) is 0 Å². The lowest BCUT2D eigenvalue weighted by Crippen LogP contribution is -2.26. The second kappa shape index (κ2) is 7.17. The van der Waals surface area contributed by atoms with E-state index in [1.165, 1.54) is 24.3 Å². The molecular weight excluding hydrogens is 270 g/mol. The van der Waals surface area contributed by atoms with E-state index in [9.17, 15) is 18.5 Å². The molecule has 0 amide bonds. The molecule has 0 aliphatic heterocycles. The van der Waals surface area contributed by atoms with E-state index in [0.29, 0.717) is 25.1 Å². The standard InChI is InChI=1S/C11H17N3O4S/c12-7-1-2-8-13-19(17,18)9-10-3-5-11(6-4-10)14(15)16/h3-6,13H,1-2,7-9,12H2. The fourth-order valence-corrected chi connectivity index (χ4v) is 2.67. The second-order valence-electron chi connectivity index (χ2n) is 4.07. The number of rotatable bonds is 8. The van der Waals surface area contributed by atoms with Crippen molar-refractivity contribution in [2.24, 2.45) is 5.73 Å². The molecule has 0 radical (unpaired) electrons. The van der Waals surface area contributed by atoms with Gasteiger partial charge in [0.25, 0.3) is 5.69 Å². The molecular formula is C11H17N3O4S. The highest BCUT2D eigenvalue weighted by Gasteiger charge is 2.12. The predicted molar refractivity (Wildman–Crippen MR) is 72.0 cm³/mol. The van der Waals surface area contributed by atoms with Crippen LogP contribution in [0, 0.1) is 10.1 Å². The Kier molecular flexibility index (Phi) is 5.87. The molecule has 7 nitrogen and oxygen atoms in total. The third kappa shape index (κ3) is 5.77. The molecule has 0 unspecified atom stereocenters. The number of nitro benzene ring substituents is 1. The van der Waals surface area contributed by atoms with Crippen molar-refractivity contribution in [1.29, 1.82) is 0 Å². The monoisotopic (exact) mass is 287 g/mol. The molecule has 1 aromatic rings. The first-order chi connectivity index (χ1) is 8.94. The predicted octanol–water partition coefficient (Wildman–Crippen LogP) is 0.753. The summed E-state index contributed by atoms with van der Waals surface area (Å²) in [5.74, 6) is -0.187. The smallest absolute Gasteiger partial charge is 0.269 e. The van der Waals surface area contributed by atoms with E-state index >= 15 is 0 Å². The van der Waals surface area contributed by atoms with E-state index in [0.717, 1.165) is 6.42 Å². The molecule has 1 rings (SSSR count). The van der Waals surface area contributed by atoms with Crippen molar-refractivity contribution < 1.29 is 13.3 Å². The van der Waals surface area contributed by atoms with Crippen LogP contribution >= 0.6 is 0 Å². The summed E-state index contributed by atoms with van der Waals surface area (Å²) in [5.41, 5.74) is 5.76. The van der Waals surface area contributed by atoms with Gasteiger partial charge in [0.15, 0.2) is 0 Å². The fourth-order valence-electron chi connectivity index (χ4n) is 1.48. The van der Waals surface area contributed by atoms with Crippen LogP contribution in [0.1, 0.15) is 18.4 Å². The van der Waals surface area contributed by atoms with Gasteiger partial charge < -0.3 is 5.73 Å². The van der Waals surface area contributed by atoms with Crippen molar-refractivity contribution in [3.8, 4) is 0 Å². The molecule has 0 bridgehead atoms. The maximum absolute atomic E-state index is 11.7. The zero-order chi connectivity index (χ0) is 14.3. The summed E-state index contributed by atoms with van der Waals surface area (Å²) in [5, 5.41) is 10.5. The number of nitrogens with zero attached hydrogens (tertiary/aromatic N) is 1. The van der Waals surface area contributed by atoms with Gasteiger partial charge in [-0.25, -0.2) is 13.1 Å². The van der Waals surface area contributed by atoms with E-state index in [2.05, 4.69) is 4.72 Å². The highest BCUT2D eigenvalue weighted by atomic mass is 32.2. The number of sulfonamides is 1. The molecule has 0 saturated carbocycles. The van der Waals surface area contributed by atoms with Crippen LogP contribution in [0.15, 0.2) is 24.3 Å². The normalized spacial score (nSPS) is 11.4. The van der Waals surface area contributed by atoms with Gasteiger partial charge in [0.2, 0.25) is 10.0 Å². The molecule has 0 spiro atoms. The Morgan fingerprint density at radius 2 is 1.84 bits per heavy atom. The van der Waals surface area contributed by atoms with E-state index < -0.39 is 14.9 Å². The van der Waals surface area contributed by atoms with Crippen molar-refractivity contribution in [2.75, 3.05) is 13.1 Å². The van der Waals surface area contributed by atoms with E-state index in [1.807, 2.05) is 0 Å². The Balaban J connectivity index is 2.55. The largest absolute Gasteiger partial charge is 0.330 e. The van der Waals surface area contributed by atoms with Gasteiger partial charge in [-0.2, -0.15) is 0 Å². The van der Waals surface area contributed by atoms with Crippen molar-refractivity contribution in [3.05, 3.63) is 39.9 Å². The summed E-state index contributed by atoms with van der Waals surface area (Å²) in [7, 11) is -3.41. The minimum Gasteiger partial charge on any atom is -0.330 e. The number of hydrogen-bond donors (Lipinski definition) is 2. The van der Waals surface area contributed by atoms with Gasteiger partial charge in [-0.05, 0) is 24.9 Å². The van der Waals surface area contributed by atoms with Crippen molar-refractivity contribution in [2.45, 2.75) is 18.6 Å². The first-order valence-corrected chi connectivity index (χ1v) is 7.50. The molecule has 3 N–H and O–H groups in total. The van der Waals surface area contributed by atoms with Crippen molar-refractivity contribution in [1.82, 2.24) is 4.72 Å². The fraction of sp³-hybridized carbons (Fsp3) is 0.455. The zero-order valence-corrected chi connectivity index (χ0v) is 11.2. The quantitative estimate of drug-likeness (QED) is 0.416. The van der Waals surface area contributed by atoms with Gasteiger partial charge in [-0.3, -0.25) is 10.1 Å². The summed E-state index contributed by atoms with van der Waals surface area (Å²) >= 11 is 0. The first kappa shape index (κ1) is 15.5. The van der Waals surface area contributed by atoms with Gasteiger partial charge >= 0.3 is 0 Å². The molecule has 1 aromatic carbocycles. The second-order valence-corrected chi connectivity index (χ2v) is 5.88. The van der Waals surface area contributed by atoms with Gasteiger partial charge in [-0.1, -0.05) is 12.1 Å². The number of non-ortho nitro benzene ring substituents is 1. The number of nitro groups is 1. The topological polar surface area (TPSA) is 115 Å². The molecule has 106 valence electrons. The molecule has 19 heavy (non-hydrogen) atoms. The highest BCUT2D eigenvalue weighted by molar-refractivity contribution is 7.88. The van der Waals surface area contributed by atoms with Gasteiger partial charge in [0.05, 0.1) is 10.7 Å². The van der Waals surface area contributed by atoms with Crippen LogP contribution in [-0.4, -0.2) is 26.4 Å². The Hall–Kier alpha value is -1.51. The maximum atomic E-state index is 11.7. The number of nitrogens with one attached hydrogen (secondary N) is 1. The lowest BCUT2D eigenvalue weighted by molar-refractivity contribution is -0.384. The number of benzene rings is 1. The van der Waals surface area contributed by atoms with E-state index in [-0.39, 0.29) is 11.4 Å². The summed E-state index contributed by atoms with van der Waals surface area (Å²) < 4.78 is 25.9. The summed E-state index contributed by atoms with van der Waals surface area (Å²) in [6.07, 6.45) is 1.45. The van der Waals surface area contributed by atoms with Crippen LogP contribution in [0.2, 0.25) is 0 Å². The van der Waals surface area contributed by atoms with E-state index in [4.69, 9.17) is 5.73 Å². The molecule has 0 aliphatic carbocycles. The van der Waals surface area contributed by atoms with Gasteiger partial charge in [0.1, 0.15) is 0 Å².